The van der Waals surface area contributed by atoms with Gasteiger partial charge in [-0.05, 0) is 51.5 Å². The zero-order valence-corrected chi connectivity index (χ0v) is 18.2. The normalized spacial score (nSPS) is 19.2. The number of rotatable bonds is 2. The molecule has 1 aromatic carbocycles. The predicted octanol–water partition coefficient (Wildman–Crippen LogP) is 4.92. The highest BCUT2D eigenvalue weighted by atomic mass is 79.9. The molecule has 1 N–H and O–H groups in total. The van der Waals surface area contributed by atoms with Gasteiger partial charge in [0.1, 0.15) is 10.4 Å². The lowest BCUT2D eigenvalue weighted by Crippen LogP contribution is -2.47. The van der Waals surface area contributed by atoms with Gasteiger partial charge in [0, 0.05) is 12.0 Å². The second-order valence-corrected chi connectivity index (χ2v) is 9.26. The topological polar surface area (TPSA) is 54.7 Å². The smallest absolute Gasteiger partial charge is 0.333 e. The summed E-state index contributed by atoms with van der Waals surface area (Å²) in [7, 11) is 0. The summed E-state index contributed by atoms with van der Waals surface area (Å²) in [4.78, 5) is 12.3. The van der Waals surface area contributed by atoms with Crippen molar-refractivity contribution in [2.75, 3.05) is 18.2 Å². The first-order valence-corrected chi connectivity index (χ1v) is 10.3. The molecule has 0 unspecified atom stereocenters. The Morgan fingerprint density at radius 1 is 1.29 bits per heavy atom. The van der Waals surface area contributed by atoms with Gasteiger partial charge >= 0.3 is 5.97 Å². The number of hydrogen-bond acceptors (Lipinski definition) is 3. The van der Waals surface area contributed by atoms with Crippen molar-refractivity contribution in [3.8, 4) is 5.75 Å². The molecule has 0 spiro atoms. The molecule has 6 heteroatoms. The van der Waals surface area contributed by atoms with E-state index in [1.807, 2.05) is 25.1 Å². The molecule has 4 rings (SSSR count). The van der Waals surface area contributed by atoms with Crippen molar-refractivity contribution in [3.05, 3.63) is 57.3 Å². The van der Waals surface area contributed by atoms with E-state index in [1.165, 1.54) is 0 Å². The van der Waals surface area contributed by atoms with E-state index in [4.69, 9.17) is 4.74 Å². The SMILES string of the molecule is Cc1cc2n(c1Br)N([C@H]1CCOc3ccccc31)CC(C(=O)O)=C2C(C)(C)C. The summed E-state index contributed by atoms with van der Waals surface area (Å²) in [5, 5.41) is 12.2. The number of carboxylic acids is 1. The summed E-state index contributed by atoms with van der Waals surface area (Å²) >= 11 is 3.75. The van der Waals surface area contributed by atoms with E-state index >= 15 is 0 Å². The van der Waals surface area contributed by atoms with E-state index < -0.39 is 5.97 Å². The van der Waals surface area contributed by atoms with Crippen LogP contribution >= 0.6 is 15.9 Å². The van der Waals surface area contributed by atoms with Crippen LogP contribution in [-0.2, 0) is 4.79 Å². The van der Waals surface area contributed by atoms with Crippen LogP contribution in [0.5, 0.6) is 5.75 Å². The monoisotopic (exact) mass is 444 g/mol. The van der Waals surface area contributed by atoms with Crippen LogP contribution in [0.3, 0.4) is 0 Å². The van der Waals surface area contributed by atoms with Gasteiger partial charge in [0.05, 0.1) is 30.5 Å². The van der Waals surface area contributed by atoms with Gasteiger partial charge in [-0.15, -0.1) is 0 Å². The third-order valence-electron chi connectivity index (χ3n) is 5.52. The maximum Gasteiger partial charge on any atom is 0.333 e. The zero-order valence-electron chi connectivity index (χ0n) is 16.6. The van der Waals surface area contributed by atoms with E-state index in [9.17, 15) is 9.90 Å². The highest BCUT2D eigenvalue weighted by Crippen LogP contribution is 2.45. The first kappa shape index (κ1) is 19.1. The number of nitrogens with zero attached hydrogens (tertiary/aromatic N) is 2. The van der Waals surface area contributed by atoms with E-state index in [2.05, 4.69) is 58.5 Å². The van der Waals surface area contributed by atoms with Crippen LogP contribution in [0.1, 0.15) is 50.1 Å². The zero-order chi connectivity index (χ0) is 20.2. The molecule has 0 saturated heterocycles. The summed E-state index contributed by atoms with van der Waals surface area (Å²) in [6.45, 7) is 9.23. The molecule has 2 aromatic rings. The molecule has 0 amide bonds. The minimum Gasteiger partial charge on any atom is -0.493 e. The third kappa shape index (κ3) is 2.94. The molecular formula is C22H25BrN2O3. The van der Waals surface area contributed by atoms with E-state index in [-0.39, 0.29) is 11.5 Å². The number of halogens is 1. The largest absolute Gasteiger partial charge is 0.493 e. The number of aromatic nitrogens is 1. The van der Waals surface area contributed by atoms with Crippen molar-refractivity contribution in [2.45, 2.75) is 40.2 Å². The molecule has 28 heavy (non-hydrogen) atoms. The first-order valence-electron chi connectivity index (χ1n) is 9.54. The molecule has 2 aliphatic rings. The summed E-state index contributed by atoms with van der Waals surface area (Å²) in [6, 6.07) is 10.2. The highest BCUT2D eigenvalue weighted by Gasteiger charge is 2.39. The first-order chi connectivity index (χ1) is 13.2. The fraction of sp³-hybridized carbons (Fsp3) is 0.409. The maximum atomic E-state index is 12.3. The maximum absolute atomic E-state index is 12.3. The van der Waals surface area contributed by atoms with Gasteiger partial charge < -0.3 is 9.84 Å². The minimum absolute atomic E-state index is 0.0441. The number of ether oxygens (including phenoxy) is 1. The van der Waals surface area contributed by atoms with Gasteiger partial charge in [-0.3, -0.25) is 5.01 Å². The average Bonchev–Trinajstić information content (AvgIpc) is 2.93. The molecule has 0 fully saturated rings. The number of hydrogen-bond donors (Lipinski definition) is 1. The summed E-state index contributed by atoms with van der Waals surface area (Å²) in [6.07, 6.45) is 0.803. The number of carboxylic acid groups (broad SMARTS) is 1. The minimum atomic E-state index is -0.850. The Labute approximate surface area is 173 Å². The lowest BCUT2D eigenvalue weighted by atomic mass is 9.80. The summed E-state index contributed by atoms with van der Waals surface area (Å²) in [5.74, 6) is 0.0271. The lowest BCUT2D eigenvalue weighted by molar-refractivity contribution is -0.132. The average molecular weight is 445 g/mol. The number of allylic oxidation sites excluding steroid dienone is 1. The van der Waals surface area contributed by atoms with Crippen molar-refractivity contribution in [3.63, 3.8) is 0 Å². The lowest BCUT2D eigenvalue weighted by Gasteiger charge is -2.43. The van der Waals surface area contributed by atoms with Crippen molar-refractivity contribution in [1.82, 2.24) is 4.68 Å². The van der Waals surface area contributed by atoms with Gasteiger partial charge in [0.15, 0.2) is 0 Å². The fourth-order valence-electron chi connectivity index (χ4n) is 4.39. The molecule has 3 heterocycles. The van der Waals surface area contributed by atoms with Crippen LogP contribution in [-0.4, -0.2) is 28.9 Å². The van der Waals surface area contributed by atoms with E-state index in [1.54, 1.807) is 0 Å². The third-order valence-corrected chi connectivity index (χ3v) is 6.48. The molecule has 5 nitrogen and oxygen atoms in total. The molecule has 0 bridgehead atoms. The number of aliphatic carboxylic acids is 1. The quantitative estimate of drug-likeness (QED) is 0.713. The summed E-state index contributed by atoms with van der Waals surface area (Å²) in [5.41, 5.74) is 4.22. The number of para-hydroxylation sites is 1. The molecule has 2 aliphatic heterocycles. The van der Waals surface area contributed by atoms with Crippen LogP contribution in [0.15, 0.2) is 40.5 Å². The van der Waals surface area contributed by atoms with Gasteiger partial charge in [0.2, 0.25) is 0 Å². The van der Waals surface area contributed by atoms with Crippen molar-refractivity contribution < 1.29 is 14.6 Å². The van der Waals surface area contributed by atoms with Crippen LogP contribution < -0.4 is 9.75 Å². The van der Waals surface area contributed by atoms with Gasteiger partial charge in [-0.2, -0.15) is 0 Å². The Bertz CT molecular complexity index is 984. The van der Waals surface area contributed by atoms with Crippen molar-refractivity contribution in [2.24, 2.45) is 5.41 Å². The molecule has 148 valence electrons. The number of aryl methyl sites for hydroxylation is 1. The van der Waals surface area contributed by atoms with Gasteiger partial charge in [0.25, 0.3) is 0 Å². The number of benzene rings is 1. The molecule has 1 atom stereocenters. The van der Waals surface area contributed by atoms with Crippen LogP contribution in [0.4, 0.5) is 0 Å². The number of carbonyl (C=O) groups is 1. The van der Waals surface area contributed by atoms with Gasteiger partial charge in [-0.25, -0.2) is 9.47 Å². The second-order valence-electron chi connectivity index (χ2n) is 8.51. The Morgan fingerprint density at radius 2 is 2.00 bits per heavy atom. The van der Waals surface area contributed by atoms with Crippen LogP contribution in [0, 0.1) is 12.3 Å². The van der Waals surface area contributed by atoms with Crippen LogP contribution in [0.2, 0.25) is 0 Å². The highest BCUT2D eigenvalue weighted by molar-refractivity contribution is 9.10. The second kappa shape index (κ2) is 6.69. The molecular weight excluding hydrogens is 420 g/mol. The van der Waals surface area contributed by atoms with Crippen molar-refractivity contribution >= 4 is 27.5 Å². The number of fused-ring (bicyclic) bond motifs is 2. The van der Waals surface area contributed by atoms with E-state index in [0.717, 1.165) is 39.2 Å². The standard InChI is InChI=1S/C22H25BrN2O3/c1-13-11-17-19(22(2,3)4)15(21(26)27)12-24(25(17)20(13)23)16-9-10-28-18-8-6-5-7-14(16)18/h5-8,11,16H,9-10,12H2,1-4H3,(H,26,27)/t16-/m0/s1. The molecule has 1 aromatic heterocycles. The van der Waals surface area contributed by atoms with Crippen LogP contribution in [0.25, 0.3) is 5.57 Å². The Morgan fingerprint density at radius 3 is 2.68 bits per heavy atom. The molecule has 0 aliphatic carbocycles. The van der Waals surface area contributed by atoms with Crippen molar-refractivity contribution in [1.29, 1.82) is 0 Å². The molecule has 0 radical (unpaired) electrons. The Kier molecular flexibility index (Phi) is 4.57. The Balaban J connectivity index is 1.94. The summed E-state index contributed by atoms with van der Waals surface area (Å²) < 4.78 is 8.97. The predicted molar refractivity (Wildman–Crippen MR) is 113 cm³/mol. The van der Waals surface area contributed by atoms with Gasteiger partial charge in [-0.1, -0.05) is 39.0 Å². The van der Waals surface area contributed by atoms with E-state index in [0.29, 0.717) is 18.7 Å². The molecule has 0 saturated carbocycles. The Hall–Kier alpha value is -2.21. The fourth-order valence-corrected chi connectivity index (χ4v) is 4.90.